The van der Waals surface area contributed by atoms with E-state index in [0.29, 0.717) is 43.0 Å². The lowest BCUT2D eigenvalue weighted by Crippen LogP contribution is -2.52. The molecular weight excluding hydrogens is 429 g/mol. The normalized spacial score (nSPS) is 20.7. The molecule has 1 N–H and O–H groups in total. The highest BCUT2D eigenvalue weighted by molar-refractivity contribution is 6.05. The zero-order valence-electron chi connectivity index (χ0n) is 17.8. The molecule has 1 aromatic carbocycles. The quantitative estimate of drug-likeness (QED) is 0.697. The van der Waals surface area contributed by atoms with Gasteiger partial charge in [-0.2, -0.15) is 0 Å². The van der Waals surface area contributed by atoms with Crippen molar-refractivity contribution in [1.82, 2.24) is 20.1 Å². The van der Waals surface area contributed by atoms with Crippen molar-refractivity contribution < 1.29 is 23.6 Å². The summed E-state index contributed by atoms with van der Waals surface area (Å²) in [7, 11) is 0. The number of carbonyl (C=O) groups is 4. The van der Waals surface area contributed by atoms with Crippen LogP contribution < -0.4 is 10.2 Å². The summed E-state index contributed by atoms with van der Waals surface area (Å²) in [4.78, 5) is 58.1. The van der Waals surface area contributed by atoms with Crippen molar-refractivity contribution in [2.24, 2.45) is 0 Å². The topological polar surface area (TPSA) is 103 Å². The number of benzene rings is 1. The van der Waals surface area contributed by atoms with Gasteiger partial charge >= 0.3 is 0 Å². The summed E-state index contributed by atoms with van der Waals surface area (Å²) in [5.41, 5.74) is 1.78. The van der Waals surface area contributed by atoms with E-state index in [9.17, 15) is 23.6 Å². The summed E-state index contributed by atoms with van der Waals surface area (Å²) in [6, 6.07) is 5.57. The summed E-state index contributed by atoms with van der Waals surface area (Å²) < 4.78 is 15.0. The number of aromatic nitrogens is 1. The molecule has 1 atom stereocenters. The Morgan fingerprint density at radius 2 is 1.91 bits per heavy atom. The fourth-order valence-electron chi connectivity index (χ4n) is 4.64. The maximum absolute atomic E-state index is 15.0. The first-order chi connectivity index (χ1) is 15.9. The smallest absolute Gasteiger partial charge is 0.255 e. The second kappa shape index (κ2) is 8.27. The molecule has 9 nitrogen and oxygen atoms in total. The van der Waals surface area contributed by atoms with E-state index >= 15 is 0 Å². The third-order valence-electron chi connectivity index (χ3n) is 6.41. The Balaban J connectivity index is 1.29. The summed E-state index contributed by atoms with van der Waals surface area (Å²) in [5.74, 6) is -1.88. The van der Waals surface area contributed by atoms with Gasteiger partial charge in [0.1, 0.15) is 11.9 Å². The number of amides is 4. The SMILES string of the molecule is O=C1CCC(N2Cc3cc(N4CCN(C(=O)c5cccnc5)CC4)c(F)cc3C2=O)C(=O)N1. The zero-order valence-corrected chi connectivity index (χ0v) is 17.8. The molecule has 5 rings (SSSR count). The molecule has 2 saturated heterocycles. The molecule has 3 aliphatic heterocycles. The molecule has 0 aliphatic carbocycles. The largest absolute Gasteiger partial charge is 0.366 e. The maximum atomic E-state index is 15.0. The molecule has 1 aromatic heterocycles. The Labute approximate surface area is 189 Å². The minimum Gasteiger partial charge on any atom is -0.366 e. The Morgan fingerprint density at radius 1 is 1.12 bits per heavy atom. The lowest BCUT2D eigenvalue weighted by Gasteiger charge is -2.36. The van der Waals surface area contributed by atoms with Gasteiger partial charge in [0.25, 0.3) is 11.8 Å². The van der Waals surface area contributed by atoms with Gasteiger partial charge < -0.3 is 14.7 Å². The first kappa shape index (κ1) is 21.0. The van der Waals surface area contributed by atoms with Gasteiger partial charge in [-0.05, 0) is 36.2 Å². The van der Waals surface area contributed by atoms with E-state index in [1.807, 2.05) is 4.90 Å². The van der Waals surface area contributed by atoms with Crippen molar-refractivity contribution in [1.29, 1.82) is 0 Å². The lowest BCUT2D eigenvalue weighted by molar-refractivity contribution is -0.136. The highest BCUT2D eigenvalue weighted by Crippen LogP contribution is 2.33. The van der Waals surface area contributed by atoms with E-state index in [0.717, 1.165) is 0 Å². The zero-order chi connectivity index (χ0) is 23.1. The van der Waals surface area contributed by atoms with Crippen molar-refractivity contribution in [3.63, 3.8) is 0 Å². The predicted octanol–water partition coefficient (Wildman–Crippen LogP) is 0.944. The van der Waals surface area contributed by atoms with Crippen molar-refractivity contribution in [3.05, 3.63) is 59.2 Å². The van der Waals surface area contributed by atoms with Crippen LogP contribution in [0, 0.1) is 5.82 Å². The van der Waals surface area contributed by atoms with E-state index in [-0.39, 0.29) is 36.8 Å². The lowest BCUT2D eigenvalue weighted by atomic mass is 10.0. The maximum Gasteiger partial charge on any atom is 0.255 e. The number of halogens is 1. The van der Waals surface area contributed by atoms with Crippen LogP contribution in [-0.4, -0.2) is 70.6 Å². The Morgan fingerprint density at radius 3 is 2.61 bits per heavy atom. The van der Waals surface area contributed by atoms with Gasteiger partial charge in [-0.1, -0.05) is 0 Å². The first-order valence-electron chi connectivity index (χ1n) is 10.8. The molecule has 4 heterocycles. The molecule has 33 heavy (non-hydrogen) atoms. The minimum atomic E-state index is -0.740. The summed E-state index contributed by atoms with van der Waals surface area (Å²) >= 11 is 0. The van der Waals surface area contributed by atoms with Gasteiger partial charge in [0.15, 0.2) is 0 Å². The number of rotatable bonds is 3. The second-order valence-corrected chi connectivity index (χ2v) is 8.38. The molecular formula is C23H22FN5O4. The summed E-state index contributed by atoms with van der Waals surface area (Å²) in [6.45, 7) is 1.96. The van der Waals surface area contributed by atoms with Gasteiger partial charge in [0.05, 0.1) is 11.3 Å². The third-order valence-corrected chi connectivity index (χ3v) is 6.41. The van der Waals surface area contributed by atoms with Gasteiger partial charge in [0.2, 0.25) is 11.8 Å². The van der Waals surface area contributed by atoms with Gasteiger partial charge in [0, 0.05) is 57.1 Å². The van der Waals surface area contributed by atoms with Crippen LogP contribution in [0.1, 0.15) is 39.1 Å². The van der Waals surface area contributed by atoms with Crippen LogP contribution in [0.15, 0.2) is 36.7 Å². The predicted molar refractivity (Wildman–Crippen MR) is 115 cm³/mol. The highest BCUT2D eigenvalue weighted by atomic mass is 19.1. The number of imide groups is 1. The van der Waals surface area contributed by atoms with Crippen molar-refractivity contribution in [3.8, 4) is 0 Å². The number of piperidine rings is 1. The summed E-state index contributed by atoms with van der Waals surface area (Å²) in [5, 5.41) is 2.26. The molecule has 0 spiro atoms. The van der Waals surface area contributed by atoms with Gasteiger partial charge in [-0.3, -0.25) is 29.5 Å². The number of fused-ring (bicyclic) bond motifs is 1. The van der Waals surface area contributed by atoms with E-state index in [1.54, 1.807) is 29.3 Å². The fraction of sp³-hybridized carbons (Fsp3) is 0.348. The first-order valence-corrected chi connectivity index (χ1v) is 10.8. The average Bonchev–Trinajstić information content (AvgIpc) is 3.14. The Kier molecular flexibility index (Phi) is 5.27. The average molecular weight is 451 g/mol. The number of nitrogens with one attached hydrogen (secondary N) is 1. The molecule has 10 heteroatoms. The van der Waals surface area contributed by atoms with Gasteiger partial charge in [-0.25, -0.2) is 4.39 Å². The number of hydrogen-bond acceptors (Lipinski definition) is 6. The fourth-order valence-corrected chi connectivity index (χ4v) is 4.64. The van der Waals surface area contributed by atoms with Gasteiger partial charge in [-0.15, -0.1) is 0 Å². The van der Waals surface area contributed by atoms with E-state index in [2.05, 4.69) is 10.3 Å². The van der Waals surface area contributed by atoms with Crippen LogP contribution in [0.25, 0.3) is 0 Å². The second-order valence-electron chi connectivity index (χ2n) is 8.38. The standard InChI is InChI=1S/C23H22FN5O4/c24-17-11-16-15(13-29(23(16)33)18-3-4-20(30)26-21(18)31)10-19(17)27-6-8-28(9-7-27)22(32)14-2-1-5-25-12-14/h1-2,5,10-12,18H,3-4,6-9,13H2,(H,26,30,31). The molecule has 3 aliphatic rings. The summed E-state index contributed by atoms with van der Waals surface area (Å²) in [6.07, 6.45) is 3.56. The molecule has 1 unspecified atom stereocenters. The van der Waals surface area contributed by atoms with Crippen molar-refractivity contribution in [2.45, 2.75) is 25.4 Å². The van der Waals surface area contributed by atoms with Crippen LogP contribution in [0.3, 0.4) is 0 Å². The minimum absolute atomic E-state index is 0.109. The number of anilines is 1. The highest BCUT2D eigenvalue weighted by Gasteiger charge is 2.40. The molecule has 4 amide bonds. The Bertz CT molecular complexity index is 1150. The van der Waals surface area contributed by atoms with Crippen LogP contribution in [-0.2, 0) is 16.1 Å². The monoisotopic (exact) mass is 451 g/mol. The molecule has 0 radical (unpaired) electrons. The number of nitrogens with zero attached hydrogens (tertiary/aromatic N) is 4. The molecule has 0 saturated carbocycles. The van der Waals surface area contributed by atoms with E-state index < -0.39 is 23.7 Å². The van der Waals surface area contributed by atoms with Crippen LogP contribution in [0.4, 0.5) is 10.1 Å². The van der Waals surface area contributed by atoms with E-state index in [1.165, 1.54) is 17.2 Å². The van der Waals surface area contributed by atoms with Crippen LogP contribution >= 0.6 is 0 Å². The number of carbonyl (C=O) groups excluding carboxylic acids is 4. The molecule has 2 aromatic rings. The van der Waals surface area contributed by atoms with Crippen LogP contribution in [0.5, 0.6) is 0 Å². The third kappa shape index (κ3) is 3.81. The number of piperazine rings is 1. The molecule has 170 valence electrons. The molecule has 0 bridgehead atoms. The van der Waals surface area contributed by atoms with E-state index in [4.69, 9.17) is 0 Å². The van der Waals surface area contributed by atoms with Crippen LogP contribution in [0.2, 0.25) is 0 Å². The number of pyridine rings is 1. The molecule has 2 fully saturated rings. The number of hydrogen-bond donors (Lipinski definition) is 1. The Hall–Kier alpha value is -3.82. The van der Waals surface area contributed by atoms with Crippen molar-refractivity contribution >= 4 is 29.3 Å². The van der Waals surface area contributed by atoms with Crippen molar-refractivity contribution in [2.75, 3.05) is 31.1 Å².